The summed E-state index contributed by atoms with van der Waals surface area (Å²) in [6.07, 6.45) is 2.77. The van der Waals surface area contributed by atoms with E-state index in [4.69, 9.17) is 11.0 Å². The zero-order chi connectivity index (χ0) is 26.8. The number of nitrogens with two attached hydrogens (primary N) is 1. The fourth-order valence-corrected chi connectivity index (χ4v) is 4.18. The van der Waals surface area contributed by atoms with Crippen molar-refractivity contribution in [1.82, 2.24) is 34.7 Å². The van der Waals surface area contributed by atoms with Gasteiger partial charge in [-0.3, -0.25) is 4.98 Å². The first kappa shape index (κ1) is 25.8. The largest absolute Gasteiger partial charge is 0.368 e. The van der Waals surface area contributed by atoms with E-state index in [2.05, 4.69) is 30.0 Å². The summed E-state index contributed by atoms with van der Waals surface area (Å²) in [4.78, 5) is 13.0. The molecule has 0 fully saturated rings. The number of nitrogen functional groups attached to an aromatic ring is 1. The molecular weight excluding hydrogens is 497 g/mol. The number of hydrogen-bond acceptors (Lipinski definition) is 9. The van der Waals surface area contributed by atoms with Gasteiger partial charge in [-0.2, -0.15) is 5.26 Å². The Morgan fingerprint density at radius 3 is 2.57 bits per heavy atom. The quantitative estimate of drug-likeness (QED) is 0.354. The molecule has 1 aromatic carbocycles. The molecule has 37 heavy (non-hydrogen) atoms. The van der Waals surface area contributed by atoms with Gasteiger partial charge in [0, 0.05) is 23.2 Å². The number of pyridine rings is 1. The molecule has 190 valence electrons. The lowest BCUT2D eigenvalue weighted by Gasteiger charge is -2.24. The molecular formula is C24H24FN9O2S. The van der Waals surface area contributed by atoms with E-state index >= 15 is 0 Å². The van der Waals surface area contributed by atoms with Crippen LogP contribution in [0, 0.1) is 17.1 Å². The zero-order valence-electron chi connectivity index (χ0n) is 20.3. The van der Waals surface area contributed by atoms with Crippen LogP contribution in [0.25, 0.3) is 22.6 Å². The molecule has 0 saturated heterocycles. The standard InChI is InChI=1S/C24H24FN9O2S/c1-24(2,14-28-37(3,35)36)21-9-5-7-16(29-21)12-34-13-20(32-33-34)19-10-18(30-23(27)31-19)17-8-4-6-15(11-26)22(17)25/h4-10,13,28H,12,14H2,1-3H3,(H2,27,30,31). The Kier molecular flexibility index (Phi) is 6.97. The molecule has 3 N–H and O–H groups in total. The molecule has 0 radical (unpaired) electrons. The summed E-state index contributed by atoms with van der Waals surface area (Å²) >= 11 is 0. The van der Waals surface area contributed by atoms with Gasteiger partial charge in [-0.05, 0) is 30.3 Å². The van der Waals surface area contributed by atoms with Crippen molar-refractivity contribution in [3.63, 3.8) is 0 Å². The molecule has 0 bridgehead atoms. The number of nitriles is 1. The minimum atomic E-state index is -3.33. The van der Waals surface area contributed by atoms with E-state index in [1.165, 1.54) is 18.2 Å². The molecule has 11 nitrogen and oxygen atoms in total. The topological polar surface area (TPSA) is 165 Å². The Morgan fingerprint density at radius 2 is 1.84 bits per heavy atom. The van der Waals surface area contributed by atoms with Gasteiger partial charge in [0.1, 0.15) is 17.6 Å². The predicted molar refractivity (Wildman–Crippen MR) is 135 cm³/mol. The average Bonchev–Trinajstić information content (AvgIpc) is 3.31. The molecule has 0 aliphatic heterocycles. The van der Waals surface area contributed by atoms with Gasteiger partial charge < -0.3 is 5.73 Å². The van der Waals surface area contributed by atoms with E-state index in [-0.39, 0.29) is 29.3 Å². The number of sulfonamides is 1. The Hall–Kier alpha value is -4.28. The number of nitrogens with one attached hydrogen (secondary N) is 1. The van der Waals surface area contributed by atoms with Crippen molar-refractivity contribution in [3.8, 4) is 28.7 Å². The van der Waals surface area contributed by atoms with Crippen LogP contribution in [-0.2, 0) is 22.0 Å². The highest BCUT2D eigenvalue weighted by atomic mass is 32.2. The zero-order valence-corrected chi connectivity index (χ0v) is 21.2. The maximum Gasteiger partial charge on any atom is 0.221 e. The first-order valence-corrected chi connectivity index (χ1v) is 13.0. The van der Waals surface area contributed by atoms with E-state index in [9.17, 15) is 12.8 Å². The number of aromatic nitrogens is 6. The van der Waals surface area contributed by atoms with Crippen molar-refractivity contribution in [2.24, 2.45) is 0 Å². The van der Waals surface area contributed by atoms with Gasteiger partial charge in [-0.15, -0.1) is 5.10 Å². The molecule has 0 atom stereocenters. The van der Waals surface area contributed by atoms with Crippen molar-refractivity contribution in [2.75, 3.05) is 18.5 Å². The van der Waals surface area contributed by atoms with Gasteiger partial charge in [0.25, 0.3) is 0 Å². The molecule has 0 saturated carbocycles. The van der Waals surface area contributed by atoms with Gasteiger partial charge >= 0.3 is 0 Å². The third-order valence-electron chi connectivity index (χ3n) is 5.54. The second kappa shape index (κ2) is 10.00. The Morgan fingerprint density at radius 1 is 1.11 bits per heavy atom. The van der Waals surface area contributed by atoms with Crippen LogP contribution in [0.2, 0.25) is 0 Å². The van der Waals surface area contributed by atoms with Crippen molar-refractivity contribution >= 4 is 16.0 Å². The van der Waals surface area contributed by atoms with E-state index < -0.39 is 21.3 Å². The molecule has 0 aliphatic rings. The Labute approximate surface area is 213 Å². The van der Waals surface area contributed by atoms with Crippen LogP contribution in [0.4, 0.5) is 10.3 Å². The van der Waals surface area contributed by atoms with E-state index in [0.29, 0.717) is 23.6 Å². The summed E-state index contributed by atoms with van der Waals surface area (Å²) < 4.78 is 41.8. The minimum absolute atomic E-state index is 0.0805. The number of nitrogens with zero attached hydrogens (tertiary/aromatic N) is 7. The molecule has 13 heteroatoms. The SMILES string of the molecule is CC(C)(CNS(C)(=O)=O)c1cccc(Cn2cc(-c3cc(-c4cccc(C#N)c4F)nc(N)n3)nn2)n1. The predicted octanol–water partition coefficient (Wildman–Crippen LogP) is 2.27. The second-order valence-electron chi connectivity index (χ2n) is 9.07. The van der Waals surface area contributed by atoms with Crippen LogP contribution in [0.1, 0.15) is 30.8 Å². The van der Waals surface area contributed by atoms with Crippen molar-refractivity contribution < 1.29 is 12.8 Å². The third-order valence-corrected chi connectivity index (χ3v) is 6.21. The normalized spacial score (nSPS) is 11.9. The smallest absolute Gasteiger partial charge is 0.221 e. The van der Waals surface area contributed by atoms with Crippen molar-refractivity contribution in [2.45, 2.75) is 25.8 Å². The highest BCUT2D eigenvalue weighted by Gasteiger charge is 2.24. The first-order valence-electron chi connectivity index (χ1n) is 11.1. The minimum Gasteiger partial charge on any atom is -0.368 e. The van der Waals surface area contributed by atoms with Gasteiger partial charge in [-0.25, -0.2) is 32.2 Å². The molecule has 0 amide bonds. The molecule has 3 heterocycles. The summed E-state index contributed by atoms with van der Waals surface area (Å²) in [6.45, 7) is 4.29. The van der Waals surface area contributed by atoms with Crippen LogP contribution in [0.15, 0.2) is 48.7 Å². The molecule has 4 aromatic rings. The molecule has 4 rings (SSSR count). The lowest BCUT2D eigenvalue weighted by Crippen LogP contribution is -2.36. The molecule has 0 aliphatic carbocycles. The summed E-state index contributed by atoms with van der Waals surface area (Å²) in [7, 11) is -3.33. The van der Waals surface area contributed by atoms with Crippen molar-refractivity contribution in [3.05, 3.63) is 71.4 Å². The van der Waals surface area contributed by atoms with Gasteiger partial charge in [0.2, 0.25) is 16.0 Å². The average molecular weight is 522 g/mol. The second-order valence-corrected chi connectivity index (χ2v) is 10.9. The summed E-state index contributed by atoms with van der Waals surface area (Å²) in [6, 6.07) is 13.3. The Balaban J connectivity index is 1.58. The van der Waals surface area contributed by atoms with E-state index in [0.717, 1.165) is 11.9 Å². The first-order chi connectivity index (χ1) is 17.4. The maximum absolute atomic E-state index is 14.7. The Bertz CT molecular complexity index is 1610. The highest BCUT2D eigenvalue weighted by Crippen LogP contribution is 2.27. The van der Waals surface area contributed by atoms with Crippen LogP contribution < -0.4 is 10.5 Å². The summed E-state index contributed by atoms with van der Waals surface area (Å²) in [5, 5.41) is 17.4. The number of hydrogen-bond donors (Lipinski definition) is 2. The van der Waals surface area contributed by atoms with E-state index in [1.54, 1.807) is 16.9 Å². The van der Waals surface area contributed by atoms with Crippen LogP contribution >= 0.6 is 0 Å². The summed E-state index contributed by atoms with van der Waals surface area (Å²) in [5.41, 5.74) is 7.71. The lowest BCUT2D eigenvalue weighted by atomic mass is 9.89. The number of anilines is 1. The monoisotopic (exact) mass is 521 g/mol. The van der Waals surface area contributed by atoms with Crippen LogP contribution in [-0.4, -0.2) is 51.2 Å². The highest BCUT2D eigenvalue weighted by molar-refractivity contribution is 7.88. The number of rotatable bonds is 8. The molecule has 3 aromatic heterocycles. The van der Waals surface area contributed by atoms with E-state index in [1.807, 2.05) is 38.1 Å². The van der Waals surface area contributed by atoms with Crippen LogP contribution in [0.3, 0.4) is 0 Å². The summed E-state index contributed by atoms with van der Waals surface area (Å²) in [5.74, 6) is -0.776. The fourth-order valence-electron chi connectivity index (χ4n) is 3.56. The van der Waals surface area contributed by atoms with Gasteiger partial charge in [0.05, 0.1) is 41.6 Å². The third kappa shape index (κ3) is 6.11. The van der Waals surface area contributed by atoms with Crippen molar-refractivity contribution in [1.29, 1.82) is 5.26 Å². The number of benzene rings is 1. The fraction of sp³-hybridized carbons (Fsp3) is 0.250. The molecule has 0 unspecified atom stereocenters. The number of halogens is 1. The van der Waals surface area contributed by atoms with Gasteiger partial charge in [-0.1, -0.05) is 31.2 Å². The molecule has 0 spiro atoms. The van der Waals surface area contributed by atoms with Crippen LogP contribution in [0.5, 0.6) is 0 Å². The van der Waals surface area contributed by atoms with Gasteiger partial charge in [0.15, 0.2) is 0 Å². The lowest BCUT2D eigenvalue weighted by molar-refractivity contribution is 0.487. The maximum atomic E-state index is 14.7.